The minimum atomic E-state index is -0.600. The Balaban J connectivity index is 2.26. The van der Waals surface area contributed by atoms with Gasteiger partial charge in [-0.15, -0.1) is 0 Å². The highest BCUT2D eigenvalue weighted by Gasteiger charge is 2.26. The van der Waals surface area contributed by atoms with Gasteiger partial charge in [-0.1, -0.05) is 54.6 Å². The topological polar surface area (TPSA) is 65.5 Å². The van der Waals surface area contributed by atoms with Gasteiger partial charge in [-0.3, -0.25) is 0 Å². The molecule has 2 aromatic carbocycles. The average molecular weight is 375 g/mol. The molecule has 0 saturated heterocycles. The van der Waals surface area contributed by atoms with Crippen LogP contribution in [0.15, 0.2) is 54.6 Å². The molecule has 5 heteroatoms. The molecular weight excluding hydrogens is 354 g/mol. The molecule has 0 saturated carbocycles. The molecule has 0 aliphatic heterocycles. The molecule has 0 radical (unpaired) electrons. The Morgan fingerprint density at radius 1 is 0.821 bits per heavy atom. The normalized spacial score (nSPS) is 10.9. The third-order valence-electron chi connectivity index (χ3n) is 4.11. The molecule has 0 unspecified atom stereocenters. The highest BCUT2D eigenvalue weighted by molar-refractivity contribution is 6.13. The van der Waals surface area contributed by atoms with Gasteiger partial charge in [-0.05, 0) is 31.6 Å². The van der Waals surface area contributed by atoms with Gasteiger partial charge in [-0.25, -0.2) is 14.6 Å². The third kappa shape index (κ3) is 4.09. The number of para-hydroxylation sites is 1. The van der Waals surface area contributed by atoms with Crippen LogP contribution >= 0.6 is 0 Å². The highest BCUT2D eigenvalue weighted by atomic mass is 16.5. The van der Waals surface area contributed by atoms with Crippen molar-refractivity contribution in [3.05, 3.63) is 77.0 Å². The van der Waals surface area contributed by atoms with E-state index in [1.165, 1.54) is 0 Å². The molecule has 0 aliphatic carbocycles. The Labute approximate surface area is 163 Å². The van der Waals surface area contributed by atoms with E-state index in [0.717, 1.165) is 5.56 Å². The van der Waals surface area contributed by atoms with Crippen molar-refractivity contribution in [2.45, 2.75) is 13.8 Å². The fraction of sp³-hybridized carbons (Fsp3) is 0.174. The van der Waals surface area contributed by atoms with E-state index in [1.807, 2.05) is 42.5 Å². The fourth-order valence-electron chi connectivity index (χ4n) is 2.92. The van der Waals surface area contributed by atoms with Crippen molar-refractivity contribution in [3.8, 4) is 0 Å². The number of benzene rings is 2. The van der Waals surface area contributed by atoms with Crippen LogP contribution in [0.4, 0.5) is 0 Å². The summed E-state index contributed by atoms with van der Waals surface area (Å²) in [6.07, 6.45) is 3.56. The van der Waals surface area contributed by atoms with Gasteiger partial charge in [0.25, 0.3) is 0 Å². The summed E-state index contributed by atoms with van der Waals surface area (Å²) in [6.45, 7) is 3.83. The van der Waals surface area contributed by atoms with Crippen molar-refractivity contribution >= 4 is 35.0 Å². The zero-order chi connectivity index (χ0) is 19.9. The quantitative estimate of drug-likeness (QED) is 0.581. The second kappa shape index (κ2) is 8.95. The first-order valence-electron chi connectivity index (χ1n) is 9.15. The molecule has 0 N–H and O–H groups in total. The molecule has 5 nitrogen and oxygen atoms in total. The number of aromatic nitrogens is 1. The second-order valence-electron chi connectivity index (χ2n) is 5.95. The van der Waals surface area contributed by atoms with Crippen LogP contribution in [0.5, 0.6) is 0 Å². The Kier molecular flexibility index (Phi) is 6.17. The van der Waals surface area contributed by atoms with Crippen LogP contribution in [0.3, 0.4) is 0 Å². The zero-order valence-corrected chi connectivity index (χ0v) is 15.8. The number of fused-ring (bicyclic) bond motifs is 1. The number of nitrogens with zero attached hydrogens (tertiary/aromatic N) is 1. The summed E-state index contributed by atoms with van der Waals surface area (Å²) in [5, 5.41) is 0.556. The number of carbonyl (C=O) groups excluding carboxylic acids is 2. The van der Waals surface area contributed by atoms with Crippen LogP contribution < -0.4 is 0 Å². The second-order valence-corrected chi connectivity index (χ2v) is 5.95. The van der Waals surface area contributed by atoms with E-state index in [0.29, 0.717) is 16.6 Å². The monoisotopic (exact) mass is 375 g/mol. The van der Waals surface area contributed by atoms with Crippen molar-refractivity contribution in [2.24, 2.45) is 0 Å². The molecule has 28 heavy (non-hydrogen) atoms. The summed E-state index contributed by atoms with van der Waals surface area (Å²) in [5.41, 5.74) is 2.21. The van der Waals surface area contributed by atoms with Crippen molar-refractivity contribution in [1.82, 2.24) is 4.98 Å². The molecule has 0 atom stereocenters. The average Bonchev–Trinajstić information content (AvgIpc) is 2.72. The third-order valence-corrected chi connectivity index (χ3v) is 4.11. The van der Waals surface area contributed by atoms with Gasteiger partial charge in [-0.2, -0.15) is 0 Å². The molecule has 3 rings (SSSR count). The van der Waals surface area contributed by atoms with Crippen molar-refractivity contribution in [3.63, 3.8) is 0 Å². The van der Waals surface area contributed by atoms with Crippen LogP contribution in [0.25, 0.3) is 23.1 Å². The molecule has 3 aromatic rings. The fourth-order valence-corrected chi connectivity index (χ4v) is 2.92. The number of carbonyl (C=O) groups is 2. The number of esters is 2. The smallest absolute Gasteiger partial charge is 0.341 e. The number of hydrogen-bond acceptors (Lipinski definition) is 5. The molecule has 0 amide bonds. The van der Waals surface area contributed by atoms with E-state index >= 15 is 0 Å². The largest absolute Gasteiger partial charge is 0.462 e. The predicted octanol–water partition coefficient (Wildman–Crippen LogP) is 4.76. The summed E-state index contributed by atoms with van der Waals surface area (Å²) >= 11 is 0. The summed E-state index contributed by atoms with van der Waals surface area (Å²) in [6, 6.07) is 16.8. The molecule has 0 bridgehead atoms. The highest BCUT2D eigenvalue weighted by Crippen LogP contribution is 2.27. The lowest BCUT2D eigenvalue weighted by atomic mass is 9.99. The molecule has 1 heterocycles. The van der Waals surface area contributed by atoms with Gasteiger partial charge in [0, 0.05) is 5.39 Å². The van der Waals surface area contributed by atoms with Gasteiger partial charge in [0.2, 0.25) is 0 Å². The van der Waals surface area contributed by atoms with E-state index in [1.54, 1.807) is 38.1 Å². The Morgan fingerprint density at radius 2 is 1.43 bits per heavy atom. The van der Waals surface area contributed by atoms with Crippen LogP contribution in [0.1, 0.15) is 45.8 Å². The van der Waals surface area contributed by atoms with Crippen molar-refractivity contribution < 1.29 is 19.1 Å². The zero-order valence-electron chi connectivity index (χ0n) is 15.8. The maximum absolute atomic E-state index is 12.7. The predicted molar refractivity (Wildman–Crippen MR) is 109 cm³/mol. The molecule has 142 valence electrons. The Hall–Kier alpha value is -3.47. The van der Waals surface area contributed by atoms with Crippen LogP contribution in [-0.2, 0) is 9.47 Å². The van der Waals surface area contributed by atoms with Gasteiger partial charge in [0.1, 0.15) is 5.56 Å². The van der Waals surface area contributed by atoms with E-state index in [9.17, 15) is 9.59 Å². The van der Waals surface area contributed by atoms with E-state index in [-0.39, 0.29) is 24.3 Å². The lowest BCUT2D eigenvalue weighted by molar-refractivity contribution is 0.0480. The van der Waals surface area contributed by atoms with Gasteiger partial charge in [0.05, 0.1) is 30.0 Å². The standard InChI is InChI=1S/C23H21NO4/c1-3-27-22(25)20-17-12-8-9-13-18(17)24-19(21(20)23(26)28-4-2)15-14-16-10-6-5-7-11-16/h5-15H,3-4H2,1-2H3/b15-14+. The first-order valence-corrected chi connectivity index (χ1v) is 9.15. The molecule has 0 fully saturated rings. The number of rotatable bonds is 6. The minimum absolute atomic E-state index is 0.117. The number of ether oxygens (including phenoxy) is 2. The summed E-state index contributed by atoms with van der Waals surface area (Å²) < 4.78 is 10.4. The van der Waals surface area contributed by atoms with E-state index < -0.39 is 11.9 Å². The van der Waals surface area contributed by atoms with Crippen LogP contribution in [0.2, 0.25) is 0 Å². The molecule has 1 aromatic heterocycles. The lowest BCUT2D eigenvalue weighted by Crippen LogP contribution is -2.17. The Bertz CT molecular complexity index is 1030. The summed E-state index contributed by atoms with van der Waals surface area (Å²) in [5.74, 6) is -1.17. The number of pyridine rings is 1. The first kappa shape index (κ1) is 19.3. The minimum Gasteiger partial charge on any atom is -0.462 e. The molecule has 0 aliphatic rings. The maximum atomic E-state index is 12.7. The van der Waals surface area contributed by atoms with Crippen molar-refractivity contribution in [1.29, 1.82) is 0 Å². The van der Waals surface area contributed by atoms with E-state index in [4.69, 9.17) is 9.47 Å². The summed E-state index contributed by atoms with van der Waals surface area (Å²) in [7, 11) is 0. The molecule has 0 spiro atoms. The first-order chi connectivity index (χ1) is 13.7. The van der Waals surface area contributed by atoms with Crippen LogP contribution in [-0.4, -0.2) is 30.1 Å². The summed E-state index contributed by atoms with van der Waals surface area (Å²) in [4.78, 5) is 30.1. The van der Waals surface area contributed by atoms with Gasteiger partial charge in [0.15, 0.2) is 0 Å². The van der Waals surface area contributed by atoms with Crippen molar-refractivity contribution in [2.75, 3.05) is 13.2 Å². The van der Waals surface area contributed by atoms with Gasteiger partial charge < -0.3 is 9.47 Å². The number of hydrogen-bond donors (Lipinski definition) is 0. The van der Waals surface area contributed by atoms with E-state index in [2.05, 4.69) is 4.98 Å². The molecular formula is C23H21NO4. The van der Waals surface area contributed by atoms with Crippen LogP contribution in [0, 0.1) is 0 Å². The maximum Gasteiger partial charge on any atom is 0.341 e. The Morgan fingerprint density at radius 3 is 2.11 bits per heavy atom. The SMILES string of the molecule is CCOC(=O)c1c(/C=C/c2ccccc2)nc2ccccc2c1C(=O)OCC. The van der Waals surface area contributed by atoms with Gasteiger partial charge >= 0.3 is 11.9 Å². The lowest BCUT2D eigenvalue weighted by Gasteiger charge is -2.14.